The van der Waals surface area contributed by atoms with Crippen LogP contribution in [0.3, 0.4) is 0 Å². The Labute approximate surface area is 177 Å². The Hall–Kier alpha value is -2.02. The molecule has 3 aromatic rings. The molecule has 0 aliphatic heterocycles. The van der Waals surface area contributed by atoms with E-state index < -0.39 is 0 Å². The van der Waals surface area contributed by atoms with Crippen molar-refractivity contribution < 1.29 is 9.47 Å². The van der Waals surface area contributed by atoms with E-state index in [-0.39, 0.29) is 0 Å². The first-order valence-corrected chi connectivity index (χ1v) is 10.8. The van der Waals surface area contributed by atoms with Crippen LogP contribution in [0.1, 0.15) is 27.4 Å². The second-order valence-corrected chi connectivity index (χ2v) is 8.78. The quantitative estimate of drug-likeness (QED) is 0.520. The molecule has 0 aliphatic rings. The minimum atomic E-state index is 0.639. The Morgan fingerprint density at radius 3 is 2.03 bits per heavy atom. The molecule has 0 amide bonds. The molecule has 29 heavy (non-hydrogen) atoms. The number of aryl methyl sites for hydroxylation is 5. The molecule has 156 valence electrons. The van der Waals surface area contributed by atoms with Crippen molar-refractivity contribution in [2.45, 2.75) is 34.6 Å². The number of ether oxygens (including phenoxy) is 2. The van der Waals surface area contributed by atoms with Gasteiger partial charge < -0.3 is 14.4 Å². The van der Waals surface area contributed by atoms with Crippen LogP contribution in [0.4, 0.5) is 5.82 Å². The van der Waals surface area contributed by atoms with Crippen molar-refractivity contribution in [3.8, 4) is 10.4 Å². The second kappa shape index (κ2) is 9.20. The number of nitrogens with zero attached hydrogens (tertiary/aromatic N) is 3. The number of hydrogen-bond donors (Lipinski definition) is 0. The van der Waals surface area contributed by atoms with Crippen LogP contribution in [0, 0.1) is 34.6 Å². The second-order valence-electron chi connectivity index (χ2n) is 7.55. The van der Waals surface area contributed by atoms with Crippen LogP contribution < -0.4 is 4.90 Å². The van der Waals surface area contributed by atoms with Crippen LogP contribution in [-0.4, -0.2) is 50.5 Å². The van der Waals surface area contributed by atoms with Gasteiger partial charge in [0.05, 0.1) is 29.0 Å². The topological polar surface area (TPSA) is 47.5 Å². The maximum Gasteiger partial charge on any atom is 0.141 e. The van der Waals surface area contributed by atoms with Gasteiger partial charge in [-0.05, 0) is 51.3 Å². The fourth-order valence-corrected chi connectivity index (χ4v) is 5.23. The van der Waals surface area contributed by atoms with Crippen LogP contribution in [0.15, 0.2) is 12.1 Å². The summed E-state index contributed by atoms with van der Waals surface area (Å²) in [6.07, 6.45) is 0. The van der Waals surface area contributed by atoms with E-state index in [0.717, 1.165) is 35.6 Å². The lowest BCUT2D eigenvalue weighted by Gasteiger charge is -2.24. The van der Waals surface area contributed by atoms with E-state index in [1.807, 2.05) is 18.3 Å². The number of benzene rings is 1. The van der Waals surface area contributed by atoms with E-state index in [1.54, 1.807) is 14.2 Å². The highest BCUT2D eigenvalue weighted by molar-refractivity contribution is 7.17. The molecule has 0 bridgehead atoms. The molecule has 0 N–H and O–H groups in total. The SMILES string of the molecule is COCCN(CCOC)c1nc(C)nc2c(-c3c(C)cc(C)cc3C)sc(C)c12. The Kier molecular flexibility index (Phi) is 6.88. The molecule has 3 rings (SSSR count). The molecule has 6 heteroatoms. The zero-order chi connectivity index (χ0) is 21.1. The fourth-order valence-electron chi connectivity index (χ4n) is 3.96. The standard InChI is InChI=1S/C23H31N3O2S/c1-14-12-15(2)19(16(3)13-14)22-21-20(17(4)29-22)23(25-18(5)24-21)26(8-10-27-6)9-11-28-7/h12-13H,8-11H2,1-7H3. The summed E-state index contributed by atoms with van der Waals surface area (Å²) in [5.74, 6) is 1.76. The van der Waals surface area contributed by atoms with Gasteiger partial charge in [0.25, 0.3) is 0 Å². The fraction of sp³-hybridized carbons (Fsp3) is 0.478. The molecule has 0 aliphatic carbocycles. The first kappa shape index (κ1) is 21.7. The molecule has 5 nitrogen and oxygen atoms in total. The summed E-state index contributed by atoms with van der Waals surface area (Å²) in [5, 5.41) is 1.14. The minimum Gasteiger partial charge on any atom is -0.383 e. The Morgan fingerprint density at radius 1 is 0.897 bits per heavy atom. The predicted octanol–water partition coefficient (Wildman–Crippen LogP) is 5.00. The number of fused-ring (bicyclic) bond motifs is 1. The number of anilines is 1. The highest BCUT2D eigenvalue weighted by atomic mass is 32.1. The molecule has 2 heterocycles. The van der Waals surface area contributed by atoms with Crippen molar-refractivity contribution in [3.63, 3.8) is 0 Å². The third-order valence-electron chi connectivity index (χ3n) is 5.16. The summed E-state index contributed by atoms with van der Waals surface area (Å²) < 4.78 is 10.7. The van der Waals surface area contributed by atoms with Gasteiger partial charge in [0.2, 0.25) is 0 Å². The Bertz CT molecular complexity index is 982. The predicted molar refractivity (Wildman–Crippen MR) is 123 cm³/mol. The van der Waals surface area contributed by atoms with Crippen molar-refractivity contribution in [3.05, 3.63) is 39.5 Å². The highest BCUT2D eigenvalue weighted by Gasteiger charge is 2.22. The third kappa shape index (κ3) is 4.44. The van der Waals surface area contributed by atoms with Crippen LogP contribution in [0.5, 0.6) is 0 Å². The highest BCUT2D eigenvalue weighted by Crippen LogP contribution is 2.43. The van der Waals surface area contributed by atoms with Gasteiger partial charge in [0, 0.05) is 32.2 Å². The number of thiophene rings is 1. The Morgan fingerprint density at radius 2 is 1.48 bits per heavy atom. The van der Waals surface area contributed by atoms with Gasteiger partial charge in [-0.25, -0.2) is 9.97 Å². The third-order valence-corrected chi connectivity index (χ3v) is 6.27. The summed E-state index contributed by atoms with van der Waals surface area (Å²) in [7, 11) is 3.46. The number of hydrogen-bond acceptors (Lipinski definition) is 6. The van der Waals surface area contributed by atoms with Crippen molar-refractivity contribution in [1.82, 2.24) is 9.97 Å². The van der Waals surface area contributed by atoms with E-state index in [9.17, 15) is 0 Å². The molecule has 0 unspecified atom stereocenters. The molecular formula is C23H31N3O2S. The summed E-state index contributed by atoms with van der Waals surface area (Å²) in [6.45, 7) is 13.5. The molecular weight excluding hydrogens is 382 g/mol. The zero-order valence-corrected chi connectivity index (χ0v) is 19.4. The lowest BCUT2D eigenvalue weighted by atomic mass is 9.98. The molecule has 0 fully saturated rings. The van der Waals surface area contributed by atoms with Gasteiger partial charge in [-0.1, -0.05) is 17.7 Å². The van der Waals surface area contributed by atoms with E-state index in [4.69, 9.17) is 19.4 Å². The van der Waals surface area contributed by atoms with Gasteiger partial charge in [0.1, 0.15) is 11.6 Å². The molecule has 0 saturated heterocycles. The maximum atomic E-state index is 5.34. The summed E-state index contributed by atoms with van der Waals surface area (Å²) in [5.41, 5.74) is 6.21. The maximum absolute atomic E-state index is 5.34. The van der Waals surface area contributed by atoms with Crippen molar-refractivity contribution in [1.29, 1.82) is 0 Å². The lowest BCUT2D eigenvalue weighted by molar-refractivity contribution is 0.190. The van der Waals surface area contributed by atoms with Gasteiger partial charge in [0.15, 0.2) is 0 Å². The average Bonchev–Trinajstić information content (AvgIpc) is 2.96. The average molecular weight is 414 g/mol. The minimum absolute atomic E-state index is 0.639. The van der Waals surface area contributed by atoms with E-state index >= 15 is 0 Å². The molecule has 1 aromatic carbocycles. The molecule has 2 aromatic heterocycles. The number of aromatic nitrogens is 2. The van der Waals surface area contributed by atoms with Gasteiger partial charge in [-0.15, -0.1) is 11.3 Å². The summed E-state index contributed by atoms with van der Waals surface area (Å²) >= 11 is 1.81. The van der Waals surface area contributed by atoms with Gasteiger partial charge in [-0.2, -0.15) is 0 Å². The zero-order valence-electron chi connectivity index (χ0n) is 18.5. The van der Waals surface area contributed by atoms with Crippen molar-refractivity contribution in [2.75, 3.05) is 45.4 Å². The first-order valence-electron chi connectivity index (χ1n) is 9.96. The smallest absolute Gasteiger partial charge is 0.141 e. The molecule has 0 atom stereocenters. The Balaban J connectivity index is 2.23. The van der Waals surface area contributed by atoms with Crippen molar-refractivity contribution in [2.24, 2.45) is 0 Å². The van der Waals surface area contributed by atoms with E-state index in [2.05, 4.69) is 44.7 Å². The largest absolute Gasteiger partial charge is 0.383 e. The van der Waals surface area contributed by atoms with Crippen LogP contribution in [0.25, 0.3) is 21.3 Å². The van der Waals surface area contributed by atoms with Crippen LogP contribution in [-0.2, 0) is 9.47 Å². The number of rotatable bonds is 8. The van der Waals surface area contributed by atoms with Crippen LogP contribution >= 0.6 is 11.3 Å². The monoisotopic (exact) mass is 413 g/mol. The van der Waals surface area contributed by atoms with Crippen LogP contribution in [0.2, 0.25) is 0 Å². The lowest BCUT2D eigenvalue weighted by Crippen LogP contribution is -2.31. The van der Waals surface area contributed by atoms with E-state index in [1.165, 1.54) is 32.0 Å². The number of methoxy groups -OCH3 is 2. The van der Waals surface area contributed by atoms with E-state index in [0.29, 0.717) is 13.2 Å². The van der Waals surface area contributed by atoms with Gasteiger partial charge in [-0.3, -0.25) is 0 Å². The molecule has 0 spiro atoms. The van der Waals surface area contributed by atoms with Gasteiger partial charge >= 0.3 is 0 Å². The normalized spacial score (nSPS) is 11.4. The van der Waals surface area contributed by atoms with Crippen molar-refractivity contribution >= 4 is 28.1 Å². The molecule has 0 radical (unpaired) electrons. The molecule has 0 saturated carbocycles. The first-order chi connectivity index (χ1) is 13.9. The summed E-state index contributed by atoms with van der Waals surface area (Å²) in [4.78, 5) is 14.5. The summed E-state index contributed by atoms with van der Waals surface area (Å²) in [6, 6.07) is 4.50.